The van der Waals surface area contributed by atoms with Gasteiger partial charge in [0.1, 0.15) is 6.04 Å². The van der Waals surface area contributed by atoms with Crippen LogP contribution in [0.3, 0.4) is 0 Å². The van der Waals surface area contributed by atoms with Crippen LogP contribution in [0.1, 0.15) is 39.5 Å². The van der Waals surface area contributed by atoms with Gasteiger partial charge in [-0.05, 0) is 31.6 Å². The van der Waals surface area contributed by atoms with Crippen LogP contribution < -0.4 is 0 Å². The molecule has 0 bridgehead atoms. The van der Waals surface area contributed by atoms with Gasteiger partial charge in [-0.3, -0.25) is 0 Å². The molecule has 2 amide bonds. The Morgan fingerprint density at radius 2 is 1.96 bits per heavy atom. The quantitative estimate of drug-likeness (QED) is 0.807. The number of hydrogen-bond acceptors (Lipinski definition) is 4. The van der Waals surface area contributed by atoms with Crippen LogP contribution in [0.4, 0.5) is 4.79 Å². The summed E-state index contributed by atoms with van der Waals surface area (Å²) in [6.07, 6.45) is 2.37. The van der Waals surface area contributed by atoms with E-state index >= 15 is 0 Å². The minimum atomic E-state index is -3.32. The third-order valence-corrected chi connectivity index (χ3v) is 7.07. The molecule has 136 valence electrons. The highest BCUT2D eigenvalue weighted by molar-refractivity contribution is 7.94. The first-order valence-corrected chi connectivity index (χ1v) is 9.80. The van der Waals surface area contributed by atoms with Crippen molar-refractivity contribution in [2.75, 3.05) is 13.6 Å². The van der Waals surface area contributed by atoms with Crippen LogP contribution in [0.15, 0.2) is 12.0 Å². The molecule has 2 aliphatic rings. The lowest BCUT2D eigenvalue weighted by Gasteiger charge is -2.51. The number of hydrogen-bond donors (Lipinski definition) is 1. The summed E-state index contributed by atoms with van der Waals surface area (Å²) >= 11 is 0. The lowest BCUT2D eigenvalue weighted by Crippen LogP contribution is -2.63. The molecule has 1 saturated heterocycles. The summed E-state index contributed by atoms with van der Waals surface area (Å²) in [4.78, 5) is 27.3. The number of urea groups is 1. The SMILES string of the molecule is C=CS(=O)(=O)C1CC2(CCCN2C(=O)N(C)[C@H](C(=O)O)C(C)C)C1. The van der Waals surface area contributed by atoms with Crippen molar-refractivity contribution in [3.8, 4) is 0 Å². The molecule has 1 saturated carbocycles. The highest BCUT2D eigenvalue weighted by Gasteiger charge is 2.56. The normalized spacial score (nSPS) is 27.8. The fourth-order valence-corrected chi connectivity index (χ4v) is 5.38. The average molecular weight is 358 g/mol. The van der Waals surface area contributed by atoms with Gasteiger partial charge in [-0.2, -0.15) is 0 Å². The molecule has 1 aliphatic carbocycles. The van der Waals surface area contributed by atoms with E-state index in [9.17, 15) is 23.1 Å². The molecule has 0 aromatic carbocycles. The Hall–Kier alpha value is -1.57. The van der Waals surface area contributed by atoms with Crippen LogP contribution in [-0.2, 0) is 14.6 Å². The first kappa shape index (κ1) is 18.8. The molecule has 1 aliphatic heterocycles. The monoisotopic (exact) mass is 358 g/mol. The summed E-state index contributed by atoms with van der Waals surface area (Å²) < 4.78 is 23.8. The number of nitrogens with zero attached hydrogens (tertiary/aromatic N) is 2. The minimum Gasteiger partial charge on any atom is -0.480 e. The largest absolute Gasteiger partial charge is 0.480 e. The molecule has 24 heavy (non-hydrogen) atoms. The van der Waals surface area contributed by atoms with E-state index in [1.54, 1.807) is 18.7 Å². The molecule has 0 aromatic heterocycles. The lowest BCUT2D eigenvalue weighted by atomic mass is 9.74. The Kier molecular flexibility index (Phi) is 4.99. The van der Waals surface area contributed by atoms with Crippen LogP contribution in [-0.4, -0.2) is 65.7 Å². The molecule has 2 rings (SSSR count). The van der Waals surface area contributed by atoms with Crippen LogP contribution in [0, 0.1) is 5.92 Å². The first-order chi connectivity index (χ1) is 11.1. The Labute approximate surface area is 143 Å². The maximum absolute atomic E-state index is 12.8. The van der Waals surface area contributed by atoms with Crippen LogP contribution in [0.5, 0.6) is 0 Å². The number of aliphatic carboxylic acids is 1. The summed E-state index contributed by atoms with van der Waals surface area (Å²) in [6.45, 7) is 7.41. The number of likely N-dealkylation sites (N-methyl/N-ethyl adjacent to an activating group) is 1. The molecular formula is C16H26N2O5S. The van der Waals surface area contributed by atoms with E-state index in [1.165, 1.54) is 11.9 Å². The smallest absolute Gasteiger partial charge is 0.326 e. The van der Waals surface area contributed by atoms with Gasteiger partial charge in [0.15, 0.2) is 9.84 Å². The topological polar surface area (TPSA) is 95.0 Å². The van der Waals surface area contributed by atoms with Gasteiger partial charge in [0, 0.05) is 24.5 Å². The molecule has 1 spiro atoms. The van der Waals surface area contributed by atoms with E-state index in [4.69, 9.17) is 0 Å². The number of carbonyl (C=O) groups is 2. The molecule has 1 heterocycles. The summed E-state index contributed by atoms with van der Waals surface area (Å²) in [7, 11) is -1.82. The van der Waals surface area contributed by atoms with Crippen LogP contribution in [0.25, 0.3) is 0 Å². The van der Waals surface area contributed by atoms with Gasteiger partial charge in [-0.1, -0.05) is 20.4 Å². The zero-order chi connectivity index (χ0) is 18.3. The highest BCUT2D eigenvalue weighted by atomic mass is 32.2. The molecule has 7 nitrogen and oxygen atoms in total. The molecular weight excluding hydrogens is 332 g/mol. The van der Waals surface area contributed by atoms with Crippen molar-refractivity contribution >= 4 is 21.8 Å². The number of rotatable bonds is 5. The predicted molar refractivity (Wildman–Crippen MR) is 90.2 cm³/mol. The highest BCUT2D eigenvalue weighted by Crippen LogP contribution is 2.49. The number of carboxylic acid groups (broad SMARTS) is 1. The van der Waals surface area contributed by atoms with Crippen molar-refractivity contribution in [2.24, 2.45) is 5.92 Å². The van der Waals surface area contributed by atoms with Gasteiger partial charge in [0.25, 0.3) is 0 Å². The average Bonchev–Trinajstić information content (AvgIpc) is 2.88. The molecule has 1 N–H and O–H groups in total. The van der Waals surface area contributed by atoms with Crippen molar-refractivity contribution in [1.29, 1.82) is 0 Å². The van der Waals surface area contributed by atoms with Gasteiger partial charge in [-0.15, -0.1) is 0 Å². The molecule has 1 atom stereocenters. The third-order valence-electron chi connectivity index (χ3n) is 5.34. The third kappa shape index (κ3) is 3.03. The second-order valence-corrected chi connectivity index (χ2v) is 9.36. The number of sulfone groups is 1. The Balaban J connectivity index is 2.15. The van der Waals surface area contributed by atoms with Gasteiger partial charge >= 0.3 is 12.0 Å². The summed E-state index contributed by atoms with van der Waals surface area (Å²) in [5.41, 5.74) is -0.452. The van der Waals surface area contributed by atoms with E-state index in [0.717, 1.165) is 18.2 Å². The van der Waals surface area contributed by atoms with Gasteiger partial charge in [-0.25, -0.2) is 18.0 Å². The molecule has 8 heteroatoms. The van der Waals surface area contributed by atoms with Crippen LogP contribution in [0.2, 0.25) is 0 Å². The number of likely N-dealkylation sites (tertiary alicyclic amines) is 1. The standard InChI is InChI=1S/C16H26N2O5S/c1-5-24(22,23)12-9-16(10-12)7-6-8-18(16)15(21)17(4)13(11(2)3)14(19)20/h5,11-13H,1,6-10H2,2-4H3,(H,19,20)/t12?,13-,16?/m0/s1. The Morgan fingerprint density at radius 1 is 1.38 bits per heavy atom. The maximum atomic E-state index is 12.8. The molecule has 0 radical (unpaired) electrons. The van der Waals surface area contributed by atoms with Crippen molar-refractivity contribution in [1.82, 2.24) is 9.80 Å². The summed E-state index contributed by atoms with van der Waals surface area (Å²) in [5.74, 6) is -1.25. The van der Waals surface area contributed by atoms with E-state index in [0.29, 0.717) is 19.4 Å². The Bertz CT molecular complexity index is 637. The van der Waals surface area contributed by atoms with Crippen molar-refractivity contribution in [2.45, 2.75) is 56.4 Å². The van der Waals surface area contributed by atoms with Crippen molar-refractivity contribution < 1.29 is 23.1 Å². The van der Waals surface area contributed by atoms with E-state index in [-0.39, 0.29) is 11.9 Å². The zero-order valence-electron chi connectivity index (χ0n) is 14.4. The summed E-state index contributed by atoms with van der Waals surface area (Å²) in [6, 6.07) is -1.23. The number of carboxylic acids is 1. The first-order valence-electron chi connectivity index (χ1n) is 8.19. The summed E-state index contributed by atoms with van der Waals surface area (Å²) in [5, 5.41) is 9.88. The van der Waals surface area contributed by atoms with Gasteiger partial charge in [0.05, 0.1) is 5.25 Å². The molecule has 2 fully saturated rings. The Morgan fingerprint density at radius 3 is 2.42 bits per heavy atom. The zero-order valence-corrected chi connectivity index (χ0v) is 15.3. The van der Waals surface area contributed by atoms with Gasteiger partial charge in [0.2, 0.25) is 0 Å². The molecule has 0 aromatic rings. The molecule has 0 unspecified atom stereocenters. The van der Waals surface area contributed by atoms with Gasteiger partial charge < -0.3 is 14.9 Å². The minimum absolute atomic E-state index is 0.217. The van der Waals surface area contributed by atoms with Crippen LogP contribution >= 0.6 is 0 Å². The van der Waals surface area contributed by atoms with Crippen molar-refractivity contribution in [3.63, 3.8) is 0 Å². The fraction of sp³-hybridized carbons (Fsp3) is 0.750. The second-order valence-electron chi connectivity index (χ2n) is 7.19. The van der Waals surface area contributed by atoms with Crippen molar-refractivity contribution in [3.05, 3.63) is 12.0 Å². The number of carbonyl (C=O) groups excluding carboxylic acids is 1. The lowest BCUT2D eigenvalue weighted by molar-refractivity contribution is -0.143. The predicted octanol–water partition coefficient (Wildman–Crippen LogP) is 1.70. The van der Waals surface area contributed by atoms with E-state index in [2.05, 4.69) is 6.58 Å². The van der Waals surface area contributed by atoms with E-state index in [1.807, 2.05) is 0 Å². The van der Waals surface area contributed by atoms with E-state index < -0.39 is 32.6 Å². The maximum Gasteiger partial charge on any atom is 0.326 e. The fourth-order valence-electron chi connectivity index (χ4n) is 4.03. The second kappa shape index (κ2) is 6.38. The number of amides is 2.